The lowest BCUT2D eigenvalue weighted by atomic mass is 9.96. The molecule has 1 fully saturated rings. The Morgan fingerprint density at radius 3 is 2.04 bits per heavy atom. The third kappa shape index (κ3) is 6.46. The SMILES string of the molecule is CCNC(=O)N1CCN(C(=O)CCCNC(=O)C(C)(C)C)CC1. The fraction of sp³-hybridized carbons (Fsp3) is 0.812. The second kappa shape index (κ2) is 8.74. The molecule has 4 amide bonds. The van der Waals surface area contributed by atoms with Gasteiger partial charge in [0.15, 0.2) is 0 Å². The Bertz CT molecular complexity index is 424. The monoisotopic (exact) mass is 326 g/mol. The summed E-state index contributed by atoms with van der Waals surface area (Å²) in [5.74, 6) is 0.0889. The van der Waals surface area contributed by atoms with Crippen LogP contribution in [0.2, 0.25) is 0 Å². The zero-order chi connectivity index (χ0) is 17.5. The number of hydrogen-bond acceptors (Lipinski definition) is 3. The topological polar surface area (TPSA) is 81.8 Å². The third-order valence-corrected chi connectivity index (χ3v) is 3.78. The number of rotatable bonds is 5. The van der Waals surface area contributed by atoms with Crippen LogP contribution in [0, 0.1) is 5.41 Å². The van der Waals surface area contributed by atoms with E-state index in [0.717, 1.165) is 0 Å². The lowest BCUT2D eigenvalue weighted by Crippen LogP contribution is -2.53. The van der Waals surface area contributed by atoms with Crippen molar-refractivity contribution >= 4 is 17.8 Å². The minimum Gasteiger partial charge on any atom is -0.356 e. The maximum absolute atomic E-state index is 12.1. The van der Waals surface area contributed by atoms with Gasteiger partial charge in [0.1, 0.15) is 0 Å². The Morgan fingerprint density at radius 2 is 1.52 bits per heavy atom. The van der Waals surface area contributed by atoms with Gasteiger partial charge >= 0.3 is 6.03 Å². The molecule has 0 unspecified atom stereocenters. The highest BCUT2D eigenvalue weighted by Gasteiger charge is 2.24. The van der Waals surface area contributed by atoms with Crippen LogP contribution in [0.5, 0.6) is 0 Å². The fourth-order valence-corrected chi connectivity index (χ4v) is 2.29. The summed E-state index contributed by atoms with van der Waals surface area (Å²) in [5.41, 5.74) is -0.403. The predicted octanol–water partition coefficient (Wildman–Crippen LogP) is 0.803. The van der Waals surface area contributed by atoms with Gasteiger partial charge in [0.2, 0.25) is 11.8 Å². The van der Waals surface area contributed by atoms with Crippen LogP contribution in [0.4, 0.5) is 4.79 Å². The molecule has 7 heteroatoms. The standard InChI is InChI=1S/C16H30N4O3/c1-5-17-15(23)20-11-9-19(10-12-20)13(21)7-6-8-18-14(22)16(2,3)4/h5-12H2,1-4H3,(H,17,23)(H,18,22). The highest BCUT2D eigenvalue weighted by atomic mass is 16.2. The van der Waals surface area contributed by atoms with Gasteiger partial charge in [0.25, 0.3) is 0 Å². The lowest BCUT2D eigenvalue weighted by molar-refractivity contribution is -0.133. The van der Waals surface area contributed by atoms with Crippen molar-refractivity contribution in [1.29, 1.82) is 0 Å². The Labute approximate surface area is 138 Å². The molecule has 1 heterocycles. The van der Waals surface area contributed by atoms with Crippen LogP contribution in [0.15, 0.2) is 0 Å². The van der Waals surface area contributed by atoms with Gasteiger partial charge in [0.05, 0.1) is 0 Å². The van der Waals surface area contributed by atoms with Crippen molar-refractivity contribution in [3.63, 3.8) is 0 Å². The van der Waals surface area contributed by atoms with Gasteiger partial charge in [-0.15, -0.1) is 0 Å². The zero-order valence-corrected chi connectivity index (χ0v) is 14.8. The van der Waals surface area contributed by atoms with Crippen molar-refractivity contribution < 1.29 is 14.4 Å². The summed E-state index contributed by atoms with van der Waals surface area (Å²) >= 11 is 0. The third-order valence-electron chi connectivity index (χ3n) is 3.78. The van der Waals surface area contributed by atoms with Crippen LogP contribution in [0.1, 0.15) is 40.5 Å². The van der Waals surface area contributed by atoms with E-state index >= 15 is 0 Å². The first-order valence-corrected chi connectivity index (χ1v) is 8.34. The zero-order valence-electron chi connectivity index (χ0n) is 14.8. The first-order chi connectivity index (χ1) is 10.8. The largest absolute Gasteiger partial charge is 0.356 e. The summed E-state index contributed by atoms with van der Waals surface area (Å²) in [6.07, 6.45) is 1.06. The Balaban J connectivity index is 2.22. The predicted molar refractivity (Wildman–Crippen MR) is 88.9 cm³/mol. The maximum Gasteiger partial charge on any atom is 0.317 e. The van der Waals surface area contributed by atoms with Crippen molar-refractivity contribution in [2.45, 2.75) is 40.5 Å². The summed E-state index contributed by atoms with van der Waals surface area (Å²) in [4.78, 5) is 39.1. The number of carbonyl (C=O) groups is 3. The summed E-state index contributed by atoms with van der Waals surface area (Å²) in [7, 11) is 0. The van der Waals surface area contributed by atoms with E-state index in [9.17, 15) is 14.4 Å². The Hall–Kier alpha value is -1.79. The molecule has 0 radical (unpaired) electrons. The molecule has 0 aromatic carbocycles. The number of hydrogen-bond donors (Lipinski definition) is 2. The number of carbonyl (C=O) groups excluding carboxylic acids is 3. The highest BCUT2D eigenvalue weighted by molar-refractivity contribution is 5.81. The van der Waals surface area contributed by atoms with E-state index in [0.29, 0.717) is 52.1 Å². The summed E-state index contributed by atoms with van der Waals surface area (Å²) in [6.45, 7) is 10.9. The fourth-order valence-electron chi connectivity index (χ4n) is 2.29. The van der Waals surface area contributed by atoms with Crippen molar-refractivity contribution in [2.24, 2.45) is 5.41 Å². The molecule has 1 aliphatic rings. The van der Waals surface area contributed by atoms with Gasteiger partial charge in [0, 0.05) is 51.1 Å². The van der Waals surface area contributed by atoms with Gasteiger partial charge < -0.3 is 20.4 Å². The van der Waals surface area contributed by atoms with Crippen LogP contribution in [0.3, 0.4) is 0 Å². The van der Waals surface area contributed by atoms with E-state index in [1.165, 1.54) is 0 Å². The summed E-state index contributed by atoms with van der Waals surface area (Å²) in [6, 6.07) is -0.0653. The number of urea groups is 1. The van der Waals surface area contributed by atoms with Crippen LogP contribution in [0.25, 0.3) is 0 Å². The number of nitrogens with zero attached hydrogens (tertiary/aromatic N) is 2. The maximum atomic E-state index is 12.1. The average molecular weight is 326 g/mol. The van der Waals surface area contributed by atoms with E-state index < -0.39 is 5.41 Å². The molecular weight excluding hydrogens is 296 g/mol. The average Bonchev–Trinajstić information content (AvgIpc) is 2.50. The van der Waals surface area contributed by atoms with Crippen molar-refractivity contribution in [1.82, 2.24) is 20.4 Å². The first kappa shape index (κ1) is 19.3. The molecule has 23 heavy (non-hydrogen) atoms. The molecule has 0 atom stereocenters. The molecule has 1 rings (SSSR count). The minimum absolute atomic E-state index is 0.000463. The molecule has 0 aliphatic carbocycles. The van der Waals surface area contributed by atoms with Crippen LogP contribution < -0.4 is 10.6 Å². The molecule has 132 valence electrons. The molecule has 1 aliphatic heterocycles. The van der Waals surface area contributed by atoms with E-state index in [4.69, 9.17) is 0 Å². The van der Waals surface area contributed by atoms with Crippen LogP contribution >= 0.6 is 0 Å². The van der Waals surface area contributed by atoms with E-state index in [1.54, 1.807) is 9.80 Å². The van der Waals surface area contributed by atoms with Crippen molar-refractivity contribution in [3.8, 4) is 0 Å². The number of nitrogens with one attached hydrogen (secondary N) is 2. The molecule has 0 saturated carbocycles. The quantitative estimate of drug-likeness (QED) is 0.733. The van der Waals surface area contributed by atoms with Gasteiger partial charge in [-0.25, -0.2) is 4.79 Å². The van der Waals surface area contributed by atoms with Gasteiger partial charge in [-0.05, 0) is 13.3 Å². The second-order valence-electron chi connectivity index (χ2n) is 6.81. The van der Waals surface area contributed by atoms with Crippen LogP contribution in [-0.4, -0.2) is 66.9 Å². The summed E-state index contributed by atoms with van der Waals surface area (Å²) in [5, 5.41) is 5.61. The molecule has 2 N–H and O–H groups in total. The van der Waals surface area contributed by atoms with Crippen molar-refractivity contribution in [2.75, 3.05) is 39.3 Å². The van der Waals surface area contributed by atoms with Gasteiger partial charge in [-0.1, -0.05) is 20.8 Å². The minimum atomic E-state index is -0.403. The Kier molecular flexibility index (Phi) is 7.32. The molecule has 1 saturated heterocycles. The molecule has 7 nitrogen and oxygen atoms in total. The normalized spacial score (nSPS) is 15.3. The molecular formula is C16H30N4O3. The smallest absolute Gasteiger partial charge is 0.317 e. The molecule has 0 bridgehead atoms. The van der Waals surface area contributed by atoms with Crippen LogP contribution in [-0.2, 0) is 9.59 Å². The van der Waals surface area contributed by atoms with E-state index in [2.05, 4.69) is 10.6 Å². The summed E-state index contributed by atoms with van der Waals surface area (Å²) < 4.78 is 0. The van der Waals surface area contributed by atoms with Gasteiger partial charge in [-0.2, -0.15) is 0 Å². The molecule has 0 spiro atoms. The van der Waals surface area contributed by atoms with E-state index in [1.807, 2.05) is 27.7 Å². The first-order valence-electron chi connectivity index (χ1n) is 8.34. The second-order valence-corrected chi connectivity index (χ2v) is 6.81. The van der Waals surface area contributed by atoms with E-state index in [-0.39, 0.29) is 17.8 Å². The highest BCUT2D eigenvalue weighted by Crippen LogP contribution is 2.12. The number of amides is 4. The van der Waals surface area contributed by atoms with Crippen molar-refractivity contribution in [3.05, 3.63) is 0 Å². The lowest BCUT2D eigenvalue weighted by Gasteiger charge is -2.34. The molecule has 0 aromatic rings. The Morgan fingerprint density at radius 1 is 0.957 bits per heavy atom. The number of piperazine rings is 1. The van der Waals surface area contributed by atoms with Gasteiger partial charge in [-0.3, -0.25) is 9.59 Å². The molecule has 0 aromatic heterocycles.